The van der Waals surface area contributed by atoms with Crippen molar-refractivity contribution in [3.05, 3.63) is 28.3 Å². The largest absolute Gasteiger partial charge is 0.490 e. The molecule has 0 aromatic carbocycles. The zero-order valence-electron chi connectivity index (χ0n) is 12.9. The van der Waals surface area contributed by atoms with Crippen molar-refractivity contribution in [2.75, 3.05) is 12.4 Å². The van der Waals surface area contributed by atoms with Gasteiger partial charge in [0.15, 0.2) is 4.34 Å². The number of nitrogens with one attached hydrogen (secondary N) is 1. The normalized spacial score (nSPS) is 15.5. The highest BCUT2D eigenvalue weighted by atomic mass is 32.2. The van der Waals surface area contributed by atoms with Crippen molar-refractivity contribution in [1.29, 1.82) is 0 Å². The molecule has 0 radical (unpaired) electrons. The van der Waals surface area contributed by atoms with Gasteiger partial charge in [0.05, 0.1) is 12.9 Å². The van der Waals surface area contributed by atoms with Gasteiger partial charge in [0.2, 0.25) is 16.3 Å². The maximum atomic E-state index is 11.7. The van der Waals surface area contributed by atoms with Crippen molar-refractivity contribution in [3.8, 4) is 5.75 Å². The second-order valence-corrected chi connectivity index (χ2v) is 7.62. The Morgan fingerprint density at radius 1 is 1.39 bits per heavy atom. The van der Waals surface area contributed by atoms with Gasteiger partial charge in [-0.3, -0.25) is 4.79 Å². The van der Waals surface area contributed by atoms with Gasteiger partial charge in [0.1, 0.15) is 12.0 Å². The summed E-state index contributed by atoms with van der Waals surface area (Å²) in [6.45, 7) is 0. The molecule has 1 fully saturated rings. The molecule has 1 saturated carbocycles. The molecule has 124 valence electrons. The summed E-state index contributed by atoms with van der Waals surface area (Å²) in [7, 11) is 1.45. The Balaban J connectivity index is 1.54. The Labute approximate surface area is 142 Å². The highest BCUT2D eigenvalue weighted by molar-refractivity contribution is 8.00. The zero-order chi connectivity index (χ0) is 16.1. The second-order valence-electron chi connectivity index (χ2n) is 5.42. The summed E-state index contributed by atoms with van der Waals surface area (Å²) < 4.78 is 11.1. The Kier molecular flexibility index (Phi) is 5.56. The van der Waals surface area contributed by atoms with E-state index in [1.54, 1.807) is 11.3 Å². The van der Waals surface area contributed by atoms with Crippen LogP contribution in [0, 0.1) is 0 Å². The molecule has 3 rings (SSSR count). The molecule has 0 saturated heterocycles. The number of hydrogen-bond donors (Lipinski definition) is 1. The maximum absolute atomic E-state index is 11.7. The summed E-state index contributed by atoms with van der Waals surface area (Å²) in [5.41, 5.74) is -0.175. The first-order valence-electron chi connectivity index (χ1n) is 7.63. The Hall–Kier alpha value is -1.54. The summed E-state index contributed by atoms with van der Waals surface area (Å²) in [5, 5.41) is 12.7. The topological polar surface area (TPSA) is 77.2 Å². The summed E-state index contributed by atoms with van der Waals surface area (Å²) in [6, 6.07) is 1.97. The first-order chi connectivity index (χ1) is 11.2. The number of thioether (sulfide) groups is 1. The number of nitrogens with zero attached hydrogens (tertiary/aromatic N) is 2. The van der Waals surface area contributed by atoms with E-state index in [0.717, 1.165) is 9.47 Å². The number of hydrogen-bond acceptors (Lipinski definition) is 8. The molecular formula is C15H19N3O3S2. The Bertz CT molecular complexity index is 695. The van der Waals surface area contributed by atoms with E-state index in [4.69, 9.17) is 9.15 Å². The molecule has 0 amide bonds. The van der Waals surface area contributed by atoms with Gasteiger partial charge in [-0.15, -0.1) is 10.2 Å². The summed E-state index contributed by atoms with van der Waals surface area (Å²) in [6.07, 6.45) is 7.66. The maximum Gasteiger partial charge on any atom is 0.227 e. The molecule has 2 heterocycles. The molecule has 1 aliphatic carbocycles. The van der Waals surface area contributed by atoms with Crippen molar-refractivity contribution in [1.82, 2.24) is 10.2 Å². The van der Waals surface area contributed by atoms with Crippen molar-refractivity contribution in [2.45, 2.75) is 48.2 Å². The van der Waals surface area contributed by atoms with Crippen molar-refractivity contribution < 1.29 is 9.15 Å². The Morgan fingerprint density at radius 2 is 2.22 bits per heavy atom. The fraction of sp³-hybridized carbons (Fsp3) is 0.533. The van der Waals surface area contributed by atoms with Crippen LogP contribution in [0.3, 0.4) is 0 Å². The van der Waals surface area contributed by atoms with Crippen LogP contribution in [0.25, 0.3) is 0 Å². The van der Waals surface area contributed by atoms with Crippen molar-refractivity contribution in [3.63, 3.8) is 0 Å². The van der Waals surface area contributed by atoms with Gasteiger partial charge in [-0.05, 0) is 12.8 Å². The molecule has 6 nitrogen and oxygen atoms in total. The minimum absolute atomic E-state index is 0.175. The summed E-state index contributed by atoms with van der Waals surface area (Å²) >= 11 is 3.05. The fourth-order valence-corrected chi connectivity index (χ4v) is 4.26. The van der Waals surface area contributed by atoms with Crippen LogP contribution in [0.5, 0.6) is 5.75 Å². The van der Waals surface area contributed by atoms with Crippen LogP contribution in [-0.4, -0.2) is 23.3 Å². The van der Waals surface area contributed by atoms with Gasteiger partial charge >= 0.3 is 0 Å². The Morgan fingerprint density at radius 3 is 2.96 bits per heavy atom. The van der Waals surface area contributed by atoms with E-state index in [0.29, 0.717) is 17.6 Å². The molecule has 0 spiro atoms. The number of rotatable bonds is 6. The van der Waals surface area contributed by atoms with Gasteiger partial charge in [0, 0.05) is 12.1 Å². The molecule has 0 atom stereocenters. The van der Waals surface area contributed by atoms with Crippen molar-refractivity contribution in [2.24, 2.45) is 0 Å². The van der Waals surface area contributed by atoms with Crippen molar-refractivity contribution >= 4 is 28.2 Å². The van der Waals surface area contributed by atoms with Crippen LogP contribution in [-0.2, 0) is 5.75 Å². The molecule has 1 aliphatic rings. The number of methoxy groups -OCH3 is 1. The number of anilines is 1. The SMILES string of the molecule is COc1coc(CSc2nnc(NC3CCCCC3)s2)cc1=O. The molecule has 1 N–H and O–H groups in total. The third-order valence-corrected chi connectivity index (χ3v) is 5.76. The molecule has 23 heavy (non-hydrogen) atoms. The predicted molar refractivity (Wildman–Crippen MR) is 91.5 cm³/mol. The third kappa shape index (κ3) is 4.48. The minimum atomic E-state index is -0.175. The van der Waals surface area contributed by atoms with Gasteiger partial charge in [-0.1, -0.05) is 42.4 Å². The average Bonchev–Trinajstić information content (AvgIpc) is 3.01. The third-order valence-electron chi connectivity index (χ3n) is 3.75. The van der Waals surface area contributed by atoms with Crippen LogP contribution in [0.4, 0.5) is 5.13 Å². The minimum Gasteiger partial charge on any atom is -0.490 e. The van der Waals surface area contributed by atoms with E-state index in [9.17, 15) is 4.79 Å². The molecule has 2 aromatic heterocycles. The van der Waals surface area contributed by atoms with Gasteiger partial charge in [-0.25, -0.2) is 0 Å². The molecule has 0 aliphatic heterocycles. The fourth-order valence-electron chi connectivity index (χ4n) is 2.54. The molecule has 0 unspecified atom stereocenters. The van der Waals surface area contributed by atoms with Gasteiger partial charge in [0.25, 0.3) is 0 Å². The van der Waals surface area contributed by atoms with Crippen LogP contribution in [0.2, 0.25) is 0 Å². The molecule has 0 bridgehead atoms. The van der Waals surface area contributed by atoms with Crippen LogP contribution >= 0.6 is 23.1 Å². The first kappa shape index (κ1) is 16.3. The summed E-state index contributed by atoms with van der Waals surface area (Å²) in [4.78, 5) is 11.7. The van der Waals surface area contributed by atoms with Crippen LogP contribution in [0.15, 0.2) is 25.9 Å². The van der Waals surface area contributed by atoms with Gasteiger partial charge in [-0.2, -0.15) is 0 Å². The lowest BCUT2D eigenvalue weighted by Crippen LogP contribution is -2.21. The standard InChI is InChI=1S/C15H19N3O3S2/c1-20-13-8-21-11(7-12(13)19)9-22-15-18-17-14(23-15)16-10-5-3-2-4-6-10/h7-8,10H,2-6,9H2,1H3,(H,16,17). The highest BCUT2D eigenvalue weighted by Crippen LogP contribution is 2.30. The van der Waals surface area contributed by atoms with E-state index in [-0.39, 0.29) is 11.2 Å². The van der Waals surface area contributed by atoms with E-state index >= 15 is 0 Å². The van der Waals surface area contributed by atoms with E-state index in [1.807, 2.05) is 0 Å². The summed E-state index contributed by atoms with van der Waals surface area (Å²) in [5.74, 6) is 1.35. The van der Waals surface area contributed by atoms with Gasteiger partial charge < -0.3 is 14.5 Å². The second kappa shape index (κ2) is 7.83. The lowest BCUT2D eigenvalue weighted by Gasteiger charge is -2.21. The number of aromatic nitrogens is 2. The first-order valence-corrected chi connectivity index (χ1v) is 9.43. The van der Waals surface area contributed by atoms with E-state index in [1.165, 1.54) is 63.3 Å². The molecule has 2 aromatic rings. The van der Waals surface area contributed by atoms with Crippen LogP contribution in [0.1, 0.15) is 37.9 Å². The molecular weight excluding hydrogens is 334 g/mol. The molecule has 8 heteroatoms. The number of ether oxygens (including phenoxy) is 1. The smallest absolute Gasteiger partial charge is 0.227 e. The predicted octanol–water partition coefficient (Wildman–Crippen LogP) is 3.54. The zero-order valence-corrected chi connectivity index (χ0v) is 14.5. The lowest BCUT2D eigenvalue weighted by atomic mass is 9.96. The quantitative estimate of drug-likeness (QED) is 0.796. The highest BCUT2D eigenvalue weighted by Gasteiger charge is 2.15. The monoisotopic (exact) mass is 353 g/mol. The van der Waals surface area contributed by atoms with E-state index in [2.05, 4.69) is 15.5 Å². The van der Waals surface area contributed by atoms with E-state index < -0.39 is 0 Å². The lowest BCUT2D eigenvalue weighted by molar-refractivity contribution is 0.381. The van der Waals surface area contributed by atoms with Crippen LogP contribution < -0.4 is 15.5 Å². The average molecular weight is 353 g/mol.